The van der Waals surface area contributed by atoms with Gasteiger partial charge >= 0.3 is 5.69 Å². The van der Waals surface area contributed by atoms with Crippen LogP contribution in [0.25, 0.3) is 0 Å². The zero-order valence-electron chi connectivity index (χ0n) is 10.9. The minimum Gasteiger partial charge on any atom is -0.393 e. The highest BCUT2D eigenvalue weighted by Crippen LogP contribution is 2.37. The lowest BCUT2D eigenvalue weighted by Gasteiger charge is -2.35. The molecule has 0 saturated carbocycles. The largest absolute Gasteiger partial charge is 0.393 e. The Morgan fingerprint density at radius 1 is 1.50 bits per heavy atom. The zero-order chi connectivity index (χ0) is 14.9. The summed E-state index contributed by atoms with van der Waals surface area (Å²) >= 11 is 1.52. The van der Waals surface area contributed by atoms with Gasteiger partial charge in [0.2, 0.25) is 0 Å². The number of nitrogens with zero attached hydrogens (tertiary/aromatic N) is 2. The van der Waals surface area contributed by atoms with Crippen LogP contribution in [0.3, 0.4) is 0 Å². The first-order valence-electron chi connectivity index (χ1n) is 5.88. The maximum atomic E-state index is 11.9. The van der Waals surface area contributed by atoms with E-state index in [0.29, 0.717) is 12.3 Å². The van der Waals surface area contributed by atoms with Crippen molar-refractivity contribution in [2.75, 3.05) is 34.9 Å². The van der Waals surface area contributed by atoms with Crippen LogP contribution in [0.15, 0.2) is 18.2 Å². The molecular weight excluding hydrogens is 302 g/mol. The van der Waals surface area contributed by atoms with Crippen LogP contribution in [0, 0.1) is 10.1 Å². The van der Waals surface area contributed by atoms with Gasteiger partial charge in [0, 0.05) is 24.3 Å². The SMILES string of the molecule is CS(=O)(=O)C1CSCCN1c1cccc(N)c1[N+](=O)[O-]. The summed E-state index contributed by atoms with van der Waals surface area (Å²) in [5.41, 5.74) is 5.74. The van der Waals surface area contributed by atoms with E-state index in [1.165, 1.54) is 17.8 Å². The molecule has 1 aliphatic rings. The molecule has 0 amide bonds. The highest BCUT2D eigenvalue weighted by molar-refractivity contribution is 8.01. The van der Waals surface area contributed by atoms with Gasteiger partial charge in [-0.05, 0) is 12.1 Å². The lowest BCUT2D eigenvalue weighted by atomic mass is 10.2. The standard InChI is InChI=1S/C11H15N3O4S2/c1-20(17,18)10-7-19-6-5-13(10)9-4-2-3-8(12)11(9)14(15)16/h2-4,10H,5-7,12H2,1H3. The fourth-order valence-electron chi connectivity index (χ4n) is 2.19. The number of anilines is 2. The smallest absolute Gasteiger partial charge is 0.315 e. The molecule has 2 N–H and O–H groups in total. The Balaban J connectivity index is 2.54. The number of nitro benzene ring substituents is 1. The highest BCUT2D eigenvalue weighted by atomic mass is 32.2. The summed E-state index contributed by atoms with van der Waals surface area (Å²) in [4.78, 5) is 12.2. The Labute approximate surface area is 121 Å². The number of thioether (sulfide) groups is 1. The number of hydrogen-bond donors (Lipinski definition) is 1. The predicted octanol–water partition coefficient (Wildman–Crippen LogP) is 1.10. The third-order valence-corrected chi connectivity index (χ3v) is 5.76. The lowest BCUT2D eigenvalue weighted by molar-refractivity contribution is -0.383. The van der Waals surface area contributed by atoms with Crippen LogP contribution in [0.5, 0.6) is 0 Å². The summed E-state index contributed by atoms with van der Waals surface area (Å²) in [5.74, 6) is 1.11. The molecule has 1 aromatic carbocycles. The molecule has 1 unspecified atom stereocenters. The van der Waals surface area contributed by atoms with E-state index >= 15 is 0 Å². The van der Waals surface area contributed by atoms with E-state index in [4.69, 9.17) is 5.73 Å². The molecule has 1 heterocycles. The summed E-state index contributed by atoms with van der Waals surface area (Å²) in [6.45, 7) is 0.437. The molecule has 1 fully saturated rings. The molecule has 1 aromatic rings. The molecule has 0 aliphatic carbocycles. The van der Waals surface area contributed by atoms with Crippen LogP contribution in [-0.2, 0) is 9.84 Å². The molecule has 9 heteroatoms. The summed E-state index contributed by atoms with van der Waals surface area (Å²) < 4.78 is 23.8. The topological polar surface area (TPSA) is 107 Å². The molecule has 0 aromatic heterocycles. The second kappa shape index (κ2) is 5.49. The van der Waals surface area contributed by atoms with Crippen molar-refractivity contribution in [3.63, 3.8) is 0 Å². The Bertz CT molecular complexity index is 633. The van der Waals surface area contributed by atoms with Crippen molar-refractivity contribution in [2.24, 2.45) is 0 Å². The number of hydrogen-bond acceptors (Lipinski definition) is 7. The van der Waals surface area contributed by atoms with Crippen LogP contribution < -0.4 is 10.6 Å². The maximum Gasteiger partial charge on any atom is 0.315 e. The highest BCUT2D eigenvalue weighted by Gasteiger charge is 2.35. The van der Waals surface area contributed by atoms with Gasteiger partial charge in [-0.2, -0.15) is 11.8 Å². The molecule has 1 aliphatic heterocycles. The minimum atomic E-state index is -3.34. The van der Waals surface area contributed by atoms with Gasteiger partial charge in [-0.1, -0.05) is 6.07 Å². The van der Waals surface area contributed by atoms with E-state index in [2.05, 4.69) is 0 Å². The molecule has 0 bridgehead atoms. The first-order chi connectivity index (χ1) is 9.32. The second-order valence-corrected chi connectivity index (χ2v) is 7.88. The van der Waals surface area contributed by atoms with E-state index in [1.54, 1.807) is 17.0 Å². The third kappa shape index (κ3) is 2.83. The Morgan fingerprint density at radius 2 is 2.20 bits per heavy atom. The van der Waals surface area contributed by atoms with Gasteiger partial charge in [0.1, 0.15) is 16.7 Å². The Hall–Kier alpha value is -1.48. The van der Waals surface area contributed by atoms with E-state index < -0.39 is 20.1 Å². The number of sulfone groups is 1. The number of nitro groups is 1. The van der Waals surface area contributed by atoms with E-state index in [-0.39, 0.29) is 17.1 Å². The number of nitrogen functional groups attached to an aromatic ring is 1. The van der Waals surface area contributed by atoms with Crippen molar-refractivity contribution in [2.45, 2.75) is 5.37 Å². The summed E-state index contributed by atoms with van der Waals surface area (Å²) in [6.07, 6.45) is 1.15. The Kier molecular flexibility index (Phi) is 4.09. The van der Waals surface area contributed by atoms with Crippen LogP contribution in [0.1, 0.15) is 0 Å². The molecule has 20 heavy (non-hydrogen) atoms. The average Bonchev–Trinajstić information content (AvgIpc) is 2.37. The number of benzene rings is 1. The fraction of sp³-hybridized carbons (Fsp3) is 0.455. The van der Waals surface area contributed by atoms with Gasteiger partial charge < -0.3 is 10.6 Å². The average molecular weight is 317 g/mol. The first-order valence-corrected chi connectivity index (χ1v) is 8.99. The van der Waals surface area contributed by atoms with Crippen molar-refractivity contribution in [3.05, 3.63) is 28.3 Å². The van der Waals surface area contributed by atoms with Gasteiger partial charge in [0.25, 0.3) is 0 Å². The van der Waals surface area contributed by atoms with Gasteiger partial charge in [-0.25, -0.2) is 8.42 Å². The van der Waals surface area contributed by atoms with Crippen LogP contribution in [0.2, 0.25) is 0 Å². The molecule has 2 rings (SSSR count). The number of rotatable bonds is 3. The third-order valence-electron chi connectivity index (χ3n) is 3.12. The Morgan fingerprint density at radius 3 is 2.80 bits per heavy atom. The fourth-order valence-corrected chi connectivity index (χ4v) is 5.02. The van der Waals surface area contributed by atoms with Crippen molar-refractivity contribution >= 4 is 38.7 Å². The van der Waals surface area contributed by atoms with E-state index in [0.717, 1.165) is 12.0 Å². The molecule has 0 radical (unpaired) electrons. The predicted molar refractivity (Wildman–Crippen MR) is 80.8 cm³/mol. The van der Waals surface area contributed by atoms with E-state index in [9.17, 15) is 18.5 Å². The van der Waals surface area contributed by atoms with Gasteiger partial charge in [0.05, 0.1) is 4.92 Å². The van der Waals surface area contributed by atoms with Gasteiger partial charge in [-0.3, -0.25) is 10.1 Å². The van der Waals surface area contributed by atoms with Crippen molar-refractivity contribution < 1.29 is 13.3 Å². The number of nitrogens with two attached hydrogens (primary N) is 1. The van der Waals surface area contributed by atoms with Gasteiger partial charge in [0.15, 0.2) is 9.84 Å². The van der Waals surface area contributed by atoms with Crippen LogP contribution >= 0.6 is 11.8 Å². The van der Waals surface area contributed by atoms with Crippen LogP contribution in [0.4, 0.5) is 17.1 Å². The summed E-state index contributed by atoms with van der Waals surface area (Å²) in [7, 11) is -3.34. The molecule has 1 saturated heterocycles. The van der Waals surface area contributed by atoms with Crippen molar-refractivity contribution in [1.82, 2.24) is 0 Å². The molecule has 7 nitrogen and oxygen atoms in total. The monoisotopic (exact) mass is 317 g/mol. The first kappa shape index (κ1) is 14.9. The normalized spacial score (nSPS) is 19.9. The maximum absolute atomic E-state index is 11.9. The molecular formula is C11H15N3O4S2. The van der Waals surface area contributed by atoms with Crippen molar-refractivity contribution in [1.29, 1.82) is 0 Å². The molecule has 110 valence electrons. The minimum absolute atomic E-state index is 0.0398. The summed E-state index contributed by atoms with van der Waals surface area (Å²) in [5, 5.41) is 10.4. The second-order valence-electron chi connectivity index (χ2n) is 4.52. The molecule has 1 atom stereocenters. The molecule has 0 spiro atoms. The van der Waals surface area contributed by atoms with E-state index in [1.807, 2.05) is 0 Å². The van der Waals surface area contributed by atoms with Gasteiger partial charge in [-0.15, -0.1) is 0 Å². The van der Waals surface area contributed by atoms with Crippen molar-refractivity contribution in [3.8, 4) is 0 Å². The summed E-state index contributed by atoms with van der Waals surface area (Å²) in [6, 6.07) is 4.58. The quantitative estimate of drug-likeness (QED) is 0.505. The number of para-hydroxylation sites is 1. The zero-order valence-corrected chi connectivity index (χ0v) is 12.5. The van der Waals surface area contributed by atoms with Crippen LogP contribution in [-0.4, -0.2) is 43.0 Å². The lowest BCUT2D eigenvalue weighted by Crippen LogP contribution is -2.47.